The number of aromatic nitrogens is 1. The molecule has 50 valence electrons. The van der Waals surface area contributed by atoms with Gasteiger partial charge in [-0.3, -0.25) is 0 Å². The number of hydrogen-bond donors (Lipinski definition) is 1. The third kappa shape index (κ3) is 1.10. The van der Waals surface area contributed by atoms with E-state index in [0.717, 1.165) is 17.7 Å². The predicted molar refractivity (Wildman–Crippen MR) is 31.8 cm³/mol. The zero-order chi connectivity index (χ0) is 6.69. The van der Waals surface area contributed by atoms with Gasteiger partial charge in [-0.05, 0) is 0 Å². The summed E-state index contributed by atoms with van der Waals surface area (Å²) in [7, 11) is 0. The number of aliphatic hydroxyl groups is 1. The molecule has 3 heteroatoms. The van der Waals surface area contributed by atoms with Crippen molar-refractivity contribution in [3.05, 3.63) is 17.5 Å². The smallest absolute Gasteiger partial charge is 0.141 e. The molecule has 0 bridgehead atoms. The molecule has 3 nitrogen and oxygen atoms in total. The van der Waals surface area contributed by atoms with Crippen molar-refractivity contribution in [2.45, 2.75) is 20.0 Å². The molecule has 1 rings (SSSR count). The van der Waals surface area contributed by atoms with Crippen LogP contribution in [-0.4, -0.2) is 10.3 Å². The van der Waals surface area contributed by atoms with Crippen LogP contribution < -0.4 is 0 Å². The number of hydrogen-bond acceptors (Lipinski definition) is 3. The van der Waals surface area contributed by atoms with E-state index in [-0.39, 0.29) is 6.61 Å². The highest BCUT2D eigenvalue weighted by Gasteiger charge is 2.01. The minimum Gasteiger partial charge on any atom is -0.391 e. The molecular weight excluding hydrogens is 118 g/mol. The van der Waals surface area contributed by atoms with E-state index in [4.69, 9.17) is 9.63 Å². The maximum Gasteiger partial charge on any atom is 0.141 e. The van der Waals surface area contributed by atoms with Gasteiger partial charge < -0.3 is 9.63 Å². The van der Waals surface area contributed by atoms with E-state index in [9.17, 15) is 0 Å². The summed E-state index contributed by atoms with van der Waals surface area (Å²) in [5.41, 5.74) is 0.789. The Morgan fingerprint density at radius 1 is 1.78 bits per heavy atom. The number of aryl methyl sites for hydroxylation is 1. The minimum absolute atomic E-state index is 0.0205. The third-order valence-corrected chi connectivity index (χ3v) is 1.22. The van der Waals surface area contributed by atoms with Gasteiger partial charge in [-0.15, -0.1) is 0 Å². The first-order chi connectivity index (χ1) is 4.38. The summed E-state index contributed by atoms with van der Waals surface area (Å²) in [5.74, 6) is 0.775. The minimum atomic E-state index is 0.0205. The van der Waals surface area contributed by atoms with Crippen LogP contribution in [0.2, 0.25) is 0 Å². The maximum absolute atomic E-state index is 8.64. The lowest BCUT2D eigenvalue weighted by molar-refractivity contribution is 0.277. The Labute approximate surface area is 53.3 Å². The first kappa shape index (κ1) is 6.29. The second kappa shape index (κ2) is 2.64. The third-order valence-electron chi connectivity index (χ3n) is 1.22. The SMILES string of the molecule is CCc1oncc1CO. The second-order valence-electron chi connectivity index (χ2n) is 1.79. The van der Waals surface area contributed by atoms with Crippen molar-refractivity contribution in [2.24, 2.45) is 0 Å². The topological polar surface area (TPSA) is 46.3 Å². The molecule has 1 N–H and O–H groups in total. The monoisotopic (exact) mass is 127 g/mol. The van der Waals surface area contributed by atoms with Crippen molar-refractivity contribution in [2.75, 3.05) is 0 Å². The van der Waals surface area contributed by atoms with Crippen LogP contribution in [0.25, 0.3) is 0 Å². The van der Waals surface area contributed by atoms with Gasteiger partial charge in [0, 0.05) is 12.0 Å². The summed E-state index contributed by atoms with van der Waals surface area (Å²) < 4.78 is 4.79. The van der Waals surface area contributed by atoms with Crippen molar-refractivity contribution >= 4 is 0 Å². The summed E-state index contributed by atoms with van der Waals surface area (Å²) in [6.07, 6.45) is 2.33. The summed E-state index contributed by atoms with van der Waals surface area (Å²) in [4.78, 5) is 0. The van der Waals surface area contributed by atoms with Gasteiger partial charge in [0.2, 0.25) is 0 Å². The van der Waals surface area contributed by atoms with Crippen LogP contribution in [0, 0.1) is 0 Å². The zero-order valence-corrected chi connectivity index (χ0v) is 5.29. The van der Waals surface area contributed by atoms with Crippen LogP contribution >= 0.6 is 0 Å². The lowest BCUT2D eigenvalue weighted by Gasteiger charge is -1.88. The van der Waals surface area contributed by atoms with E-state index in [1.165, 1.54) is 0 Å². The Kier molecular flexibility index (Phi) is 1.85. The van der Waals surface area contributed by atoms with E-state index < -0.39 is 0 Å². The predicted octanol–water partition coefficient (Wildman–Crippen LogP) is 0.729. The van der Waals surface area contributed by atoms with Gasteiger partial charge in [-0.1, -0.05) is 12.1 Å². The van der Waals surface area contributed by atoms with E-state index in [0.29, 0.717) is 0 Å². The molecule has 0 aromatic carbocycles. The van der Waals surface area contributed by atoms with Gasteiger partial charge in [0.1, 0.15) is 5.76 Å². The maximum atomic E-state index is 8.64. The molecule has 0 saturated heterocycles. The highest BCUT2D eigenvalue weighted by Crippen LogP contribution is 2.06. The normalized spacial score (nSPS) is 10.0. The highest BCUT2D eigenvalue weighted by molar-refractivity contribution is 5.11. The lowest BCUT2D eigenvalue weighted by atomic mass is 10.2. The molecule has 0 aliphatic heterocycles. The second-order valence-corrected chi connectivity index (χ2v) is 1.79. The Morgan fingerprint density at radius 2 is 2.56 bits per heavy atom. The molecule has 0 fully saturated rings. The summed E-state index contributed by atoms with van der Waals surface area (Å²) in [6, 6.07) is 0. The first-order valence-electron chi connectivity index (χ1n) is 2.91. The summed E-state index contributed by atoms with van der Waals surface area (Å²) in [6.45, 7) is 1.98. The van der Waals surface area contributed by atoms with Gasteiger partial charge in [0.15, 0.2) is 0 Å². The number of aliphatic hydroxyl groups excluding tert-OH is 1. The van der Waals surface area contributed by atoms with Crippen molar-refractivity contribution in [3.63, 3.8) is 0 Å². The largest absolute Gasteiger partial charge is 0.391 e. The van der Waals surface area contributed by atoms with Crippen molar-refractivity contribution < 1.29 is 9.63 Å². The summed E-state index contributed by atoms with van der Waals surface area (Å²) >= 11 is 0. The van der Waals surface area contributed by atoms with Gasteiger partial charge >= 0.3 is 0 Å². The molecule has 0 amide bonds. The molecule has 0 aliphatic rings. The molecule has 1 aromatic rings. The zero-order valence-electron chi connectivity index (χ0n) is 5.29. The molecule has 0 spiro atoms. The standard InChI is InChI=1S/C6H9NO2/c1-2-6-5(4-8)3-7-9-6/h3,8H,2,4H2,1H3. The van der Waals surface area contributed by atoms with Crippen LogP contribution in [0.1, 0.15) is 18.2 Å². The lowest BCUT2D eigenvalue weighted by Crippen LogP contribution is -1.84. The van der Waals surface area contributed by atoms with Crippen LogP contribution in [-0.2, 0) is 13.0 Å². The van der Waals surface area contributed by atoms with Crippen LogP contribution in [0.15, 0.2) is 10.7 Å². The van der Waals surface area contributed by atoms with Crippen molar-refractivity contribution in [3.8, 4) is 0 Å². The molecule has 0 aliphatic carbocycles. The Hall–Kier alpha value is -0.830. The molecular formula is C6H9NO2. The van der Waals surface area contributed by atoms with Crippen LogP contribution in [0.3, 0.4) is 0 Å². The van der Waals surface area contributed by atoms with E-state index in [1.54, 1.807) is 6.20 Å². The molecule has 0 atom stereocenters. The number of rotatable bonds is 2. The fourth-order valence-corrected chi connectivity index (χ4v) is 0.705. The van der Waals surface area contributed by atoms with Gasteiger partial charge in [-0.25, -0.2) is 0 Å². The van der Waals surface area contributed by atoms with Crippen molar-refractivity contribution in [1.82, 2.24) is 5.16 Å². The summed E-state index contributed by atoms with van der Waals surface area (Å²) in [5, 5.41) is 12.2. The van der Waals surface area contributed by atoms with Gasteiger partial charge in [0.25, 0.3) is 0 Å². The molecule has 0 radical (unpaired) electrons. The average Bonchev–Trinajstić information content (AvgIpc) is 2.33. The fraction of sp³-hybridized carbons (Fsp3) is 0.500. The van der Waals surface area contributed by atoms with E-state index in [2.05, 4.69) is 5.16 Å². The molecule has 0 unspecified atom stereocenters. The Morgan fingerprint density at radius 3 is 3.00 bits per heavy atom. The quantitative estimate of drug-likeness (QED) is 0.637. The molecule has 1 aromatic heterocycles. The Bertz CT molecular complexity index is 164. The Balaban J connectivity index is 2.85. The molecule has 1 heterocycles. The molecule has 0 saturated carbocycles. The fourth-order valence-electron chi connectivity index (χ4n) is 0.705. The van der Waals surface area contributed by atoms with Gasteiger partial charge in [-0.2, -0.15) is 0 Å². The van der Waals surface area contributed by atoms with Crippen LogP contribution in [0.4, 0.5) is 0 Å². The van der Waals surface area contributed by atoms with E-state index in [1.807, 2.05) is 6.92 Å². The number of nitrogens with zero attached hydrogens (tertiary/aromatic N) is 1. The van der Waals surface area contributed by atoms with Crippen LogP contribution in [0.5, 0.6) is 0 Å². The average molecular weight is 127 g/mol. The first-order valence-corrected chi connectivity index (χ1v) is 2.91. The van der Waals surface area contributed by atoms with E-state index >= 15 is 0 Å². The highest BCUT2D eigenvalue weighted by atomic mass is 16.5. The van der Waals surface area contributed by atoms with Gasteiger partial charge in [0.05, 0.1) is 12.8 Å². The van der Waals surface area contributed by atoms with Crippen molar-refractivity contribution in [1.29, 1.82) is 0 Å². The molecule has 9 heavy (non-hydrogen) atoms.